The third-order valence-corrected chi connectivity index (χ3v) is 5.35. The van der Waals surface area contributed by atoms with Crippen molar-refractivity contribution in [3.63, 3.8) is 0 Å². The number of hydrogen-bond acceptors (Lipinski definition) is 4. The first kappa shape index (κ1) is 15.9. The number of nitrogens with zero attached hydrogens (tertiary/aromatic N) is 1. The molecule has 6 nitrogen and oxygen atoms in total. The summed E-state index contributed by atoms with van der Waals surface area (Å²) in [6.07, 6.45) is 2.08. The number of amides is 1. The van der Waals surface area contributed by atoms with Gasteiger partial charge in [-0.1, -0.05) is 24.6 Å². The Labute approximate surface area is 125 Å². The summed E-state index contributed by atoms with van der Waals surface area (Å²) in [7, 11) is -3.66. The average Bonchev–Trinajstić information content (AvgIpc) is 2.53. The molecule has 1 N–H and O–H groups in total. The van der Waals surface area contributed by atoms with E-state index in [4.69, 9.17) is 4.84 Å². The fraction of sp³-hybridized carbons (Fsp3) is 0.500. The van der Waals surface area contributed by atoms with Crippen LogP contribution in [-0.2, 0) is 19.7 Å². The van der Waals surface area contributed by atoms with E-state index in [0.29, 0.717) is 19.6 Å². The van der Waals surface area contributed by atoms with E-state index in [2.05, 4.69) is 5.48 Å². The number of benzene rings is 1. The number of piperidine rings is 1. The number of hydroxylamine groups is 1. The second-order valence-corrected chi connectivity index (χ2v) is 6.73. The molecule has 1 amide bonds. The van der Waals surface area contributed by atoms with Crippen LogP contribution in [0.1, 0.15) is 26.2 Å². The lowest BCUT2D eigenvalue weighted by Crippen LogP contribution is -2.51. The Morgan fingerprint density at radius 3 is 2.71 bits per heavy atom. The highest BCUT2D eigenvalue weighted by Crippen LogP contribution is 2.25. The molecule has 1 fully saturated rings. The first-order valence-corrected chi connectivity index (χ1v) is 8.50. The molecular weight excluding hydrogens is 292 g/mol. The van der Waals surface area contributed by atoms with Crippen molar-refractivity contribution in [3.8, 4) is 0 Å². The van der Waals surface area contributed by atoms with Gasteiger partial charge in [-0.2, -0.15) is 4.31 Å². The van der Waals surface area contributed by atoms with Gasteiger partial charge in [-0.25, -0.2) is 13.9 Å². The lowest BCUT2D eigenvalue weighted by Gasteiger charge is -2.33. The first-order chi connectivity index (χ1) is 10.1. The maximum Gasteiger partial charge on any atom is 0.261 e. The van der Waals surface area contributed by atoms with Crippen LogP contribution in [0, 0.1) is 0 Å². The molecule has 1 saturated heterocycles. The third-order valence-electron chi connectivity index (χ3n) is 3.42. The number of hydrogen-bond donors (Lipinski definition) is 1. The van der Waals surface area contributed by atoms with Crippen LogP contribution in [0.15, 0.2) is 35.2 Å². The van der Waals surface area contributed by atoms with Crippen LogP contribution in [0.4, 0.5) is 0 Å². The Bertz CT molecular complexity index is 574. The first-order valence-electron chi connectivity index (χ1n) is 7.06. The van der Waals surface area contributed by atoms with Gasteiger partial charge in [0.1, 0.15) is 6.04 Å². The van der Waals surface area contributed by atoms with E-state index in [0.717, 1.165) is 12.8 Å². The molecule has 1 aliphatic rings. The molecule has 1 aromatic rings. The maximum absolute atomic E-state index is 12.7. The Morgan fingerprint density at radius 2 is 2.05 bits per heavy atom. The van der Waals surface area contributed by atoms with Crippen LogP contribution < -0.4 is 5.48 Å². The maximum atomic E-state index is 12.7. The number of nitrogens with one attached hydrogen (secondary N) is 1. The van der Waals surface area contributed by atoms with Crippen LogP contribution >= 0.6 is 0 Å². The predicted molar refractivity (Wildman–Crippen MR) is 77.7 cm³/mol. The van der Waals surface area contributed by atoms with E-state index in [1.807, 2.05) is 0 Å². The van der Waals surface area contributed by atoms with Gasteiger partial charge in [-0.15, -0.1) is 0 Å². The second-order valence-electron chi connectivity index (χ2n) is 4.84. The molecule has 2 rings (SSSR count). The molecule has 7 heteroatoms. The van der Waals surface area contributed by atoms with Crippen molar-refractivity contribution < 1.29 is 18.0 Å². The molecule has 1 aromatic carbocycles. The van der Waals surface area contributed by atoms with Crippen molar-refractivity contribution in [1.82, 2.24) is 9.79 Å². The van der Waals surface area contributed by atoms with E-state index in [1.54, 1.807) is 37.3 Å². The Hall–Kier alpha value is -1.44. The largest absolute Gasteiger partial charge is 0.274 e. The van der Waals surface area contributed by atoms with Gasteiger partial charge < -0.3 is 0 Å². The molecule has 0 saturated carbocycles. The lowest BCUT2D eigenvalue weighted by atomic mass is 10.0. The SMILES string of the molecule is CCONC(=O)[C@H]1CCCCN1S(=O)(=O)c1ccccc1. The van der Waals surface area contributed by atoms with E-state index in [-0.39, 0.29) is 4.90 Å². The van der Waals surface area contributed by atoms with Crippen molar-refractivity contribution in [1.29, 1.82) is 0 Å². The summed E-state index contributed by atoms with van der Waals surface area (Å²) >= 11 is 0. The highest BCUT2D eigenvalue weighted by Gasteiger charge is 2.37. The molecule has 1 heterocycles. The van der Waals surface area contributed by atoms with Gasteiger partial charge in [0, 0.05) is 6.54 Å². The van der Waals surface area contributed by atoms with Crippen molar-refractivity contribution in [2.75, 3.05) is 13.2 Å². The standard InChI is InChI=1S/C14H20N2O4S/c1-2-20-15-14(17)13-10-6-7-11-16(13)21(18,19)12-8-4-3-5-9-12/h3-5,8-9,13H,2,6-7,10-11H2,1H3,(H,15,17)/t13-/m1/s1. The van der Waals surface area contributed by atoms with Gasteiger partial charge in [-0.05, 0) is 31.9 Å². The lowest BCUT2D eigenvalue weighted by molar-refractivity contribution is -0.138. The van der Waals surface area contributed by atoms with Crippen LogP contribution in [0.3, 0.4) is 0 Å². The van der Waals surface area contributed by atoms with E-state index >= 15 is 0 Å². The molecular formula is C14H20N2O4S. The number of rotatable bonds is 5. The molecule has 0 aromatic heterocycles. The quantitative estimate of drug-likeness (QED) is 0.832. The molecule has 0 spiro atoms. The van der Waals surface area contributed by atoms with Crippen molar-refractivity contribution in [2.45, 2.75) is 37.1 Å². The molecule has 116 valence electrons. The number of sulfonamides is 1. The minimum Gasteiger partial charge on any atom is -0.274 e. The monoisotopic (exact) mass is 312 g/mol. The zero-order valence-corrected chi connectivity index (χ0v) is 12.8. The molecule has 21 heavy (non-hydrogen) atoms. The summed E-state index contributed by atoms with van der Waals surface area (Å²) in [5, 5.41) is 0. The van der Waals surface area contributed by atoms with Crippen LogP contribution in [-0.4, -0.2) is 37.8 Å². The topological polar surface area (TPSA) is 75.7 Å². The van der Waals surface area contributed by atoms with Crippen molar-refractivity contribution >= 4 is 15.9 Å². The molecule has 0 bridgehead atoms. The highest BCUT2D eigenvalue weighted by atomic mass is 32.2. The predicted octanol–water partition coefficient (Wildman–Crippen LogP) is 1.30. The fourth-order valence-corrected chi connectivity index (χ4v) is 4.07. The van der Waals surface area contributed by atoms with E-state index < -0.39 is 22.0 Å². The van der Waals surface area contributed by atoms with E-state index in [9.17, 15) is 13.2 Å². The fourth-order valence-electron chi connectivity index (χ4n) is 2.39. The number of carbonyl (C=O) groups is 1. The van der Waals surface area contributed by atoms with Gasteiger partial charge in [-0.3, -0.25) is 9.63 Å². The number of carbonyl (C=O) groups excluding carboxylic acids is 1. The van der Waals surface area contributed by atoms with Gasteiger partial charge >= 0.3 is 0 Å². The zero-order valence-electron chi connectivity index (χ0n) is 12.0. The van der Waals surface area contributed by atoms with Crippen molar-refractivity contribution in [2.24, 2.45) is 0 Å². The van der Waals surface area contributed by atoms with Crippen molar-refractivity contribution in [3.05, 3.63) is 30.3 Å². The minimum absolute atomic E-state index is 0.209. The minimum atomic E-state index is -3.66. The van der Waals surface area contributed by atoms with Crippen LogP contribution in [0.25, 0.3) is 0 Å². The van der Waals surface area contributed by atoms with Gasteiger partial charge in [0.05, 0.1) is 11.5 Å². The molecule has 0 aliphatic carbocycles. The summed E-state index contributed by atoms with van der Waals surface area (Å²) < 4.78 is 26.6. The Balaban J connectivity index is 2.24. The summed E-state index contributed by atoms with van der Waals surface area (Å²) in [4.78, 5) is 17.2. The normalized spacial score (nSPS) is 20.1. The Morgan fingerprint density at radius 1 is 1.33 bits per heavy atom. The van der Waals surface area contributed by atoms with Gasteiger partial charge in [0.25, 0.3) is 5.91 Å². The second kappa shape index (κ2) is 7.02. The molecule has 1 atom stereocenters. The average molecular weight is 312 g/mol. The summed E-state index contributed by atoms with van der Waals surface area (Å²) in [5.41, 5.74) is 2.31. The van der Waals surface area contributed by atoms with Gasteiger partial charge in [0.15, 0.2) is 0 Å². The summed E-state index contributed by atoms with van der Waals surface area (Å²) in [6.45, 7) is 2.44. The molecule has 1 aliphatic heterocycles. The summed E-state index contributed by atoms with van der Waals surface area (Å²) in [5.74, 6) is -0.406. The van der Waals surface area contributed by atoms with E-state index in [1.165, 1.54) is 4.31 Å². The zero-order chi connectivity index (χ0) is 15.3. The molecule has 0 radical (unpaired) electrons. The third kappa shape index (κ3) is 3.61. The van der Waals surface area contributed by atoms with Crippen LogP contribution in [0.5, 0.6) is 0 Å². The van der Waals surface area contributed by atoms with Crippen LogP contribution in [0.2, 0.25) is 0 Å². The Kier molecular flexibility index (Phi) is 5.33. The highest BCUT2D eigenvalue weighted by molar-refractivity contribution is 7.89. The summed E-state index contributed by atoms with van der Waals surface area (Å²) in [6, 6.07) is 7.48. The smallest absolute Gasteiger partial charge is 0.261 e. The van der Waals surface area contributed by atoms with Gasteiger partial charge in [0.2, 0.25) is 10.0 Å². The molecule has 0 unspecified atom stereocenters.